The summed E-state index contributed by atoms with van der Waals surface area (Å²) in [5, 5.41) is 21.5. The van der Waals surface area contributed by atoms with E-state index in [1.54, 1.807) is 0 Å². The summed E-state index contributed by atoms with van der Waals surface area (Å²) in [6, 6.07) is -1.17. The number of likely N-dealkylation sites (tertiary alicyclic amines) is 1. The molecule has 1 saturated carbocycles. The largest absolute Gasteiger partial charge is 0.480 e. The number of carboxylic acid groups (broad SMARTS) is 1. The molecule has 3 N–H and O–H groups in total. The van der Waals surface area contributed by atoms with Crippen LogP contribution >= 0.6 is 0 Å². The number of rotatable bonds is 5. The van der Waals surface area contributed by atoms with Gasteiger partial charge in [0.05, 0.1) is 6.10 Å². The van der Waals surface area contributed by atoms with Gasteiger partial charge in [0.25, 0.3) is 0 Å². The van der Waals surface area contributed by atoms with E-state index >= 15 is 0 Å². The summed E-state index contributed by atoms with van der Waals surface area (Å²) in [5.41, 5.74) is 0. The Morgan fingerprint density at radius 1 is 1.42 bits per heavy atom. The van der Waals surface area contributed by atoms with Crippen LogP contribution in [-0.4, -0.2) is 51.8 Å². The molecule has 2 fully saturated rings. The SMILES string of the molecule is CCC(CC1CC1)NC(=O)N1CC(O)CC1C(=O)O. The highest BCUT2D eigenvalue weighted by Crippen LogP contribution is 2.34. The van der Waals surface area contributed by atoms with Gasteiger partial charge in [-0.1, -0.05) is 19.8 Å². The molecule has 108 valence electrons. The Labute approximate surface area is 112 Å². The maximum atomic E-state index is 12.1. The van der Waals surface area contributed by atoms with E-state index < -0.39 is 18.1 Å². The summed E-state index contributed by atoms with van der Waals surface area (Å²) < 4.78 is 0. The van der Waals surface area contributed by atoms with Gasteiger partial charge in [-0.05, 0) is 18.8 Å². The maximum Gasteiger partial charge on any atom is 0.326 e. The number of hydrogen-bond donors (Lipinski definition) is 3. The highest BCUT2D eigenvalue weighted by Gasteiger charge is 2.39. The fraction of sp³-hybridized carbons (Fsp3) is 0.846. The Morgan fingerprint density at radius 3 is 2.63 bits per heavy atom. The number of β-amino-alcohol motifs (C(OH)–C–C–N with tert-alkyl or cyclic N) is 1. The highest BCUT2D eigenvalue weighted by molar-refractivity contribution is 5.83. The lowest BCUT2D eigenvalue weighted by Crippen LogP contribution is -2.49. The molecular formula is C13H22N2O4. The van der Waals surface area contributed by atoms with Crippen molar-refractivity contribution in [2.75, 3.05) is 6.54 Å². The van der Waals surface area contributed by atoms with E-state index in [0.29, 0.717) is 5.92 Å². The molecule has 2 rings (SSSR count). The van der Waals surface area contributed by atoms with Gasteiger partial charge in [0.15, 0.2) is 0 Å². The predicted molar refractivity (Wildman–Crippen MR) is 68.7 cm³/mol. The molecule has 3 atom stereocenters. The van der Waals surface area contributed by atoms with E-state index in [1.807, 2.05) is 6.92 Å². The Morgan fingerprint density at radius 2 is 2.11 bits per heavy atom. The molecule has 19 heavy (non-hydrogen) atoms. The number of carboxylic acids is 1. The molecule has 2 aliphatic rings. The van der Waals surface area contributed by atoms with Crippen molar-refractivity contribution in [3.05, 3.63) is 0 Å². The second-order valence-corrected chi connectivity index (χ2v) is 5.63. The first-order chi connectivity index (χ1) is 9.01. The lowest BCUT2D eigenvalue weighted by atomic mass is 10.1. The molecule has 6 heteroatoms. The molecule has 1 aliphatic heterocycles. The van der Waals surface area contributed by atoms with E-state index in [0.717, 1.165) is 12.8 Å². The molecule has 2 amide bonds. The summed E-state index contributed by atoms with van der Waals surface area (Å²) in [5.74, 6) is -0.341. The van der Waals surface area contributed by atoms with Gasteiger partial charge >= 0.3 is 12.0 Å². The maximum absolute atomic E-state index is 12.1. The third kappa shape index (κ3) is 3.59. The van der Waals surface area contributed by atoms with Gasteiger partial charge in [-0.25, -0.2) is 9.59 Å². The van der Waals surface area contributed by atoms with Crippen LogP contribution in [0.25, 0.3) is 0 Å². The van der Waals surface area contributed by atoms with Gasteiger partial charge in [-0.15, -0.1) is 0 Å². The predicted octanol–water partition coefficient (Wildman–Crippen LogP) is 0.794. The zero-order chi connectivity index (χ0) is 14.0. The van der Waals surface area contributed by atoms with E-state index in [4.69, 9.17) is 5.11 Å². The first-order valence-corrected chi connectivity index (χ1v) is 6.99. The number of carbonyl (C=O) groups excluding carboxylic acids is 1. The zero-order valence-corrected chi connectivity index (χ0v) is 11.2. The Kier molecular flexibility index (Phi) is 4.29. The van der Waals surface area contributed by atoms with E-state index in [-0.39, 0.29) is 25.0 Å². The van der Waals surface area contributed by atoms with Crippen LogP contribution in [0.2, 0.25) is 0 Å². The van der Waals surface area contributed by atoms with Crippen LogP contribution in [0.4, 0.5) is 4.79 Å². The molecule has 6 nitrogen and oxygen atoms in total. The number of urea groups is 1. The summed E-state index contributed by atoms with van der Waals surface area (Å²) in [6.45, 7) is 2.11. The number of nitrogens with zero attached hydrogens (tertiary/aromatic N) is 1. The molecule has 1 saturated heterocycles. The molecule has 1 aliphatic carbocycles. The van der Waals surface area contributed by atoms with Crippen molar-refractivity contribution >= 4 is 12.0 Å². The van der Waals surface area contributed by atoms with Gasteiger partial charge < -0.3 is 20.4 Å². The Hall–Kier alpha value is -1.30. The molecule has 0 aromatic heterocycles. The second kappa shape index (κ2) is 5.77. The van der Waals surface area contributed by atoms with Crippen molar-refractivity contribution in [3.63, 3.8) is 0 Å². The topological polar surface area (TPSA) is 89.9 Å². The van der Waals surface area contributed by atoms with Crippen molar-refractivity contribution in [1.29, 1.82) is 0 Å². The van der Waals surface area contributed by atoms with E-state index in [1.165, 1.54) is 17.7 Å². The first-order valence-electron chi connectivity index (χ1n) is 6.99. The lowest BCUT2D eigenvalue weighted by Gasteiger charge is -2.25. The van der Waals surface area contributed by atoms with Crippen LogP contribution in [0, 0.1) is 5.92 Å². The average Bonchev–Trinajstić information content (AvgIpc) is 3.08. The van der Waals surface area contributed by atoms with Gasteiger partial charge in [-0.3, -0.25) is 0 Å². The smallest absolute Gasteiger partial charge is 0.326 e. The van der Waals surface area contributed by atoms with Gasteiger partial charge in [-0.2, -0.15) is 0 Å². The summed E-state index contributed by atoms with van der Waals surface area (Å²) in [6.07, 6.45) is 3.64. The third-order valence-corrected chi connectivity index (χ3v) is 3.96. The minimum absolute atomic E-state index is 0.0999. The summed E-state index contributed by atoms with van der Waals surface area (Å²) >= 11 is 0. The fourth-order valence-corrected chi connectivity index (χ4v) is 2.61. The Bertz CT molecular complexity index is 357. The van der Waals surface area contributed by atoms with Crippen molar-refractivity contribution in [2.24, 2.45) is 5.92 Å². The minimum Gasteiger partial charge on any atom is -0.480 e. The first kappa shape index (κ1) is 14.1. The van der Waals surface area contributed by atoms with Crippen LogP contribution in [0.1, 0.15) is 39.0 Å². The molecular weight excluding hydrogens is 248 g/mol. The molecule has 0 aromatic rings. The molecule has 0 bridgehead atoms. The molecule has 1 heterocycles. The molecule has 0 aromatic carbocycles. The van der Waals surface area contributed by atoms with E-state index in [9.17, 15) is 14.7 Å². The van der Waals surface area contributed by atoms with Gasteiger partial charge in [0, 0.05) is 19.0 Å². The summed E-state index contributed by atoms with van der Waals surface area (Å²) in [7, 11) is 0. The van der Waals surface area contributed by atoms with Crippen molar-refractivity contribution in [3.8, 4) is 0 Å². The van der Waals surface area contributed by atoms with Crippen LogP contribution in [-0.2, 0) is 4.79 Å². The van der Waals surface area contributed by atoms with Crippen molar-refractivity contribution in [1.82, 2.24) is 10.2 Å². The number of nitrogens with one attached hydrogen (secondary N) is 1. The second-order valence-electron chi connectivity index (χ2n) is 5.63. The number of aliphatic hydroxyl groups excluding tert-OH is 1. The molecule has 0 radical (unpaired) electrons. The van der Waals surface area contributed by atoms with Gasteiger partial charge in [0.1, 0.15) is 6.04 Å². The Balaban J connectivity index is 1.91. The highest BCUT2D eigenvalue weighted by atomic mass is 16.4. The van der Waals surface area contributed by atoms with Crippen molar-refractivity contribution < 1.29 is 19.8 Å². The molecule has 3 unspecified atom stereocenters. The summed E-state index contributed by atoms with van der Waals surface area (Å²) in [4.78, 5) is 24.4. The number of aliphatic carboxylic acids is 1. The van der Waals surface area contributed by atoms with Crippen LogP contribution in [0.15, 0.2) is 0 Å². The number of amides is 2. The fourth-order valence-electron chi connectivity index (χ4n) is 2.61. The van der Waals surface area contributed by atoms with Crippen LogP contribution < -0.4 is 5.32 Å². The normalized spacial score (nSPS) is 28.2. The van der Waals surface area contributed by atoms with E-state index in [2.05, 4.69) is 5.32 Å². The average molecular weight is 270 g/mol. The quantitative estimate of drug-likeness (QED) is 0.689. The lowest BCUT2D eigenvalue weighted by molar-refractivity contribution is -0.141. The molecule has 0 spiro atoms. The number of aliphatic hydroxyl groups is 1. The zero-order valence-electron chi connectivity index (χ0n) is 11.2. The standard InChI is InChI=1S/C13H22N2O4/c1-2-9(5-8-3-4-8)14-13(19)15-7-10(16)6-11(15)12(17)18/h8-11,16H,2-7H2,1H3,(H,14,19)(H,17,18). The minimum atomic E-state index is -1.05. The number of carbonyl (C=O) groups is 2. The monoisotopic (exact) mass is 270 g/mol. The van der Waals surface area contributed by atoms with Crippen LogP contribution in [0.3, 0.4) is 0 Å². The third-order valence-electron chi connectivity index (χ3n) is 3.96. The number of hydrogen-bond acceptors (Lipinski definition) is 3. The van der Waals surface area contributed by atoms with Crippen molar-refractivity contribution in [2.45, 2.75) is 57.2 Å². The van der Waals surface area contributed by atoms with Crippen LogP contribution in [0.5, 0.6) is 0 Å². The van der Waals surface area contributed by atoms with Gasteiger partial charge in [0.2, 0.25) is 0 Å².